The Bertz CT molecular complexity index is 1910. The van der Waals surface area contributed by atoms with Crippen molar-refractivity contribution in [1.29, 1.82) is 0 Å². The maximum atomic E-state index is 11.3. The van der Waals surface area contributed by atoms with Gasteiger partial charge in [0.1, 0.15) is 24.4 Å². The third-order valence-electron chi connectivity index (χ3n) is 15.4. The minimum Gasteiger partial charge on any atom is -0.462 e. The number of methoxy groups -OCH3 is 2. The van der Waals surface area contributed by atoms with Crippen molar-refractivity contribution < 1.29 is 43.4 Å². The van der Waals surface area contributed by atoms with Gasteiger partial charge < -0.3 is 24.2 Å². The summed E-state index contributed by atoms with van der Waals surface area (Å²) in [7, 11) is 5.69. The van der Waals surface area contributed by atoms with E-state index in [4.69, 9.17) is 28.6 Å². The molecule has 0 amide bonds. The monoisotopic (exact) mass is 1030 g/mol. The lowest BCUT2D eigenvalue weighted by Gasteiger charge is -2.54. The molecule has 2 aromatic rings. The summed E-state index contributed by atoms with van der Waals surface area (Å²) in [5.74, 6) is -0.384. The van der Waals surface area contributed by atoms with Crippen LogP contribution in [0.2, 0.25) is 0 Å². The molecule has 13 heteroatoms. The highest BCUT2D eigenvalue weighted by Gasteiger charge is 2.50. The Labute approximate surface area is 445 Å². The first-order valence-corrected chi connectivity index (χ1v) is 26.5. The number of ether oxygens (including phenoxy) is 4. The summed E-state index contributed by atoms with van der Waals surface area (Å²) in [6.45, 7) is 41.6. The highest BCUT2D eigenvalue weighted by molar-refractivity contribution is 5.66. The predicted octanol–water partition coefficient (Wildman–Crippen LogP) is 13.5. The van der Waals surface area contributed by atoms with Crippen molar-refractivity contribution in [3.05, 3.63) is 71.8 Å². The average molecular weight is 1030 g/mol. The first-order chi connectivity index (χ1) is 32.8. The van der Waals surface area contributed by atoms with E-state index in [0.717, 1.165) is 56.9 Å². The molecule has 13 nitrogen and oxygen atoms in total. The van der Waals surface area contributed by atoms with E-state index < -0.39 is 0 Å². The lowest BCUT2D eigenvalue weighted by Crippen LogP contribution is -2.62. The molecule has 1 N–H and O–H groups in total. The van der Waals surface area contributed by atoms with Crippen molar-refractivity contribution in [3.63, 3.8) is 0 Å². The van der Waals surface area contributed by atoms with Crippen LogP contribution >= 0.6 is 0 Å². The van der Waals surface area contributed by atoms with Crippen molar-refractivity contribution >= 4 is 11.9 Å². The Kier molecular flexibility index (Phi) is 23.5. The van der Waals surface area contributed by atoms with Crippen molar-refractivity contribution in [1.82, 2.24) is 20.1 Å². The van der Waals surface area contributed by atoms with Gasteiger partial charge in [-0.3, -0.25) is 24.2 Å². The molecule has 73 heavy (non-hydrogen) atoms. The van der Waals surface area contributed by atoms with E-state index in [0.29, 0.717) is 6.10 Å². The largest absolute Gasteiger partial charge is 0.462 e. The zero-order valence-electron chi connectivity index (χ0n) is 49.4. The molecule has 420 valence electrons. The van der Waals surface area contributed by atoms with Gasteiger partial charge in [0.05, 0.1) is 12.2 Å². The number of carbonyl (C=O) groups is 2. The van der Waals surface area contributed by atoms with E-state index in [1.54, 1.807) is 14.2 Å². The quantitative estimate of drug-likeness (QED) is 0.227. The minimum atomic E-state index is -0.217. The van der Waals surface area contributed by atoms with E-state index in [9.17, 15) is 14.8 Å². The molecule has 0 spiro atoms. The molecule has 4 fully saturated rings. The van der Waals surface area contributed by atoms with Crippen LogP contribution in [0.15, 0.2) is 60.7 Å². The second kappa shape index (κ2) is 25.9. The van der Waals surface area contributed by atoms with E-state index in [-0.39, 0.29) is 94.2 Å². The molecule has 4 saturated heterocycles. The van der Waals surface area contributed by atoms with Gasteiger partial charge in [0, 0.05) is 98.1 Å². The molecule has 0 aromatic heterocycles. The average Bonchev–Trinajstić information content (AvgIpc) is 3.24. The van der Waals surface area contributed by atoms with Crippen molar-refractivity contribution in [2.75, 3.05) is 21.3 Å². The molecular weight excluding hydrogens is 921 g/mol. The Hall–Kier alpha value is -2.98. The van der Waals surface area contributed by atoms with Gasteiger partial charge in [0.15, 0.2) is 0 Å². The normalized spacial score (nSPS) is 24.5. The summed E-state index contributed by atoms with van der Waals surface area (Å²) in [5.41, 5.74) is 1.61. The van der Waals surface area contributed by atoms with E-state index in [1.165, 1.54) is 24.5 Å². The van der Waals surface area contributed by atoms with Crippen LogP contribution < -0.4 is 0 Å². The Morgan fingerprint density at radius 1 is 0.466 bits per heavy atom. The fourth-order valence-corrected chi connectivity index (χ4v) is 12.2. The topological polar surface area (TPSA) is 123 Å². The summed E-state index contributed by atoms with van der Waals surface area (Å²) >= 11 is 0. The van der Waals surface area contributed by atoms with Gasteiger partial charge in [-0.25, -0.2) is 0 Å². The molecule has 4 heterocycles. The van der Waals surface area contributed by atoms with Crippen LogP contribution in [0, 0.1) is 0 Å². The van der Waals surface area contributed by atoms with Crippen LogP contribution in [0.5, 0.6) is 0 Å². The highest BCUT2D eigenvalue weighted by atomic mass is 16.7. The minimum absolute atomic E-state index is 0. The van der Waals surface area contributed by atoms with E-state index >= 15 is 0 Å². The molecule has 4 aliphatic heterocycles. The first kappa shape index (κ1) is 66.1. The molecule has 0 aliphatic carbocycles. The van der Waals surface area contributed by atoms with Crippen LogP contribution in [0.1, 0.15) is 221 Å². The van der Waals surface area contributed by atoms with Gasteiger partial charge in [0.2, 0.25) is 0 Å². The number of nitrogens with zero attached hydrogens (tertiary/aromatic N) is 4. The molecule has 0 saturated carbocycles. The second-order valence-electron chi connectivity index (χ2n) is 26.1. The Morgan fingerprint density at radius 3 is 0.973 bits per heavy atom. The number of rotatable bonds is 10. The third-order valence-corrected chi connectivity index (χ3v) is 15.4. The van der Waals surface area contributed by atoms with E-state index in [1.807, 2.05) is 52.0 Å². The van der Waals surface area contributed by atoms with Gasteiger partial charge in [-0.1, -0.05) is 68.1 Å². The zero-order valence-corrected chi connectivity index (χ0v) is 49.4. The summed E-state index contributed by atoms with van der Waals surface area (Å²) in [6, 6.07) is 20.6. The SMILES string of the molecule is C.CC(=O)OC1CC(C)(C)N(C)C(C)(C)C1.CC(=O)OC1CC(C)(C)N(OC(C)c2ccccc2)C(C)(C)C1.COC1CC(C)(C)N(O)C(C)(C)C1.COC1CC(C)(C)N(OC(C)c2ccccc2)C(C)(C)C1. The number of piperidine rings is 4. The smallest absolute Gasteiger partial charge is 0.302 e. The zero-order chi connectivity index (χ0) is 55.1. The van der Waals surface area contributed by atoms with Crippen molar-refractivity contribution in [2.45, 2.75) is 278 Å². The molecule has 6 rings (SSSR count). The van der Waals surface area contributed by atoms with Crippen LogP contribution in [-0.4, -0.2) is 127 Å². The molecule has 4 aliphatic rings. The summed E-state index contributed by atoms with van der Waals surface area (Å²) in [6.07, 6.45) is 7.62. The molecular formula is C60H106N4O9. The van der Waals surface area contributed by atoms with Crippen molar-refractivity contribution in [3.8, 4) is 0 Å². The summed E-state index contributed by atoms with van der Waals surface area (Å²) < 4.78 is 21.8. The number of likely N-dealkylation sites (tertiary alicyclic amines) is 1. The maximum absolute atomic E-state index is 11.3. The predicted molar refractivity (Wildman–Crippen MR) is 296 cm³/mol. The first-order valence-electron chi connectivity index (χ1n) is 26.5. The van der Waals surface area contributed by atoms with Crippen LogP contribution in [0.4, 0.5) is 0 Å². The van der Waals surface area contributed by atoms with Gasteiger partial charge in [-0.15, -0.1) is 0 Å². The number of esters is 2. The fraction of sp³-hybridized carbons (Fsp3) is 0.767. The number of hydrogen-bond acceptors (Lipinski definition) is 13. The fourth-order valence-electron chi connectivity index (χ4n) is 12.2. The Balaban J connectivity index is 0.000000340. The molecule has 2 aromatic carbocycles. The molecule has 2 unspecified atom stereocenters. The molecule has 0 bridgehead atoms. The van der Waals surface area contributed by atoms with Gasteiger partial charge in [-0.05, 0) is 168 Å². The Morgan fingerprint density at radius 2 is 0.712 bits per heavy atom. The van der Waals surface area contributed by atoms with Gasteiger partial charge in [-0.2, -0.15) is 15.2 Å². The standard InChI is InChI=1S/C19H29NO3.C18H29NO2.C12H23NO2.C10H21NO2.CH4/c1-14(16-10-8-7-9-11-16)23-20-18(3,4)12-17(22-15(2)21)13-19(20,5)6;1-14(15-10-8-7-9-11-15)21-19-17(2,3)12-16(20-6)13-18(19,4)5;1-9(14)15-10-7-11(2,3)13(6)12(4,5)8-10;1-9(2)6-8(13-5)7-10(3,4)11(9)12;/h7-11,14,17H,12-13H2,1-6H3;7-11,14,16H,12-13H2,1-6H3;10H,7-8H2,1-6H3;8,12H,6-7H2,1-5H3;1H4. The van der Waals surface area contributed by atoms with Crippen LogP contribution in [0.3, 0.4) is 0 Å². The summed E-state index contributed by atoms with van der Waals surface area (Å²) in [4.78, 5) is 37.4. The van der Waals surface area contributed by atoms with E-state index in [2.05, 4.69) is 155 Å². The molecule has 2 atom stereocenters. The number of hydroxylamine groups is 6. The highest BCUT2D eigenvalue weighted by Crippen LogP contribution is 2.44. The number of hydrogen-bond donors (Lipinski definition) is 1. The number of benzene rings is 2. The van der Waals surface area contributed by atoms with Gasteiger partial charge in [0.25, 0.3) is 0 Å². The lowest BCUT2D eigenvalue weighted by molar-refractivity contribution is -0.314. The van der Waals surface area contributed by atoms with Crippen molar-refractivity contribution in [2.24, 2.45) is 0 Å². The summed E-state index contributed by atoms with van der Waals surface area (Å²) in [5, 5.41) is 15.7. The maximum Gasteiger partial charge on any atom is 0.302 e. The molecule has 0 radical (unpaired) electrons. The van der Waals surface area contributed by atoms with Crippen LogP contribution in [0.25, 0.3) is 0 Å². The second-order valence-corrected chi connectivity index (χ2v) is 26.1. The van der Waals surface area contributed by atoms with Crippen LogP contribution in [-0.2, 0) is 38.2 Å². The van der Waals surface area contributed by atoms with Gasteiger partial charge >= 0.3 is 11.9 Å². The lowest BCUT2D eigenvalue weighted by atomic mass is 9.79. The number of carbonyl (C=O) groups excluding carboxylic acids is 2. The third kappa shape index (κ3) is 18.6.